The standard InChI is InChI=1S/C11H23N3/c1-4-5-8-14(10-6-7-10)11(12)13-9(2)3/h9-10H,4-8H2,1-3H3,(H2,12,13). The molecule has 0 saturated heterocycles. The first-order chi connectivity index (χ1) is 6.65. The molecule has 14 heavy (non-hydrogen) atoms. The lowest BCUT2D eigenvalue weighted by Crippen LogP contribution is -2.40. The molecule has 0 radical (unpaired) electrons. The van der Waals surface area contributed by atoms with E-state index >= 15 is 0 Å². The quantitative estimate of drug-likeness (QED) is 0.541. The minimum atomic E-state index is 0.304. The van der Waals surface area contributed by atoms with Crippen LogP contribution in [0.5, 0.6) is 0 Å². The number of hydrogen-bond donors (Lipinski definition) is 1. The van der Waals surface area contributed by atoms with Crippen molar-refractivity contribution in [1.29, 1.82) is 0 Å². The fraction of sp³-hybridized carbons (Fsp3) is 0.909. The van der Waals surface area contributed by atoms with E-state index in [0.717, 1.165) is 12.5 Å². The number of aliphatic imine (C=N–C) groups is 1. The monoisotopic (exact) mass is 197 g/mol. The fourth-order valence-electron chi connectivity index (χ4n) is 1.54. The number of guanidine groups is 1. The van der Waals surface area contributed by atoms with Gasteiger partial charge < -0.3 is 10.6 Å². The lowest BCUT2D eigenvalue weighted by atomic mass is 10.3. The van der Waals surface area contributed by atoms with Gasteiger partial charge in [0.05, 0.1) is 0 Å². The van der Waals surface area contributed by atoms with Crippen molar-refractivity contribution < 1.29 is 0 Å². The Morgan fingerprint density at radius 3 is 2.57 bits per heavy atom. The summed E-state index contributed by atoms with van der Waals surface area (Å²) in [6, 6.07) is 0.988. The smallest absolute Gasteiger partial charge is 0.191 e. The molecule has 1 fully saturated rings. The summed E-state index contributed by atoms with van der Waals surface area (Å²) < 4.78 is 0. The van der Waals surface area contributed by atoms with Crippen molar-refractivity contribution in [3.8, 4) is 0 Å². The second kappa shape index (κ2) is 5.23. The van der Waals surface area contributed by atoms with Crippen LogP contribution in [0.25, 0.3) is 0 Å². The van der Waals surface area contributed by atoms with E-state index in [0.29, 0.717) is 12.1 Å². The molecule has 0 aromatic rings. The van der Waals surface area contributed by atoms with Crippen LogP contribution in [0.3, 0.4) is 0 Å². The first-order valence-corrected chi connectivity index (χ1v) is 5.75. The molecule has 0 atom stereocenters. The SMILES string of the molecule is CCCCN(C(N)=NC(C)C)C1CC1. The Kier molecular flexibility index (Phi) is 4.23. The minimum absolute atomic E-state index is 0.304. The van der Waals surface area contributed by atoms with E-state index in [1.165, 1.54) is 25.7 Å². The average Bonchev–Trinajstić information content (AvgIpc) is 2.87. The molecule has 2 N–H and O–H groups in total. The van der Waals surface area contributed by atoms with Gasteiger partial charge in [-0.3, -0.25) is 4.99 Å². The zero-order valence-corrected chi connectivity index (χ0v) is 9.66. The van der Waals surface area contributed by atoms with E-state index in [9.17, 15) is 0 Å². The fourth-order valence-corrected chi connectivity index (χ4v) is 1.54. The Bertz CT molecular complexity index is 195. The number of rotatable bonds is 5. The second-order valence-corrected chi connectivity index (χ2v) is 4.36. The molecule has 1 aliphatic rings. The molecule has 0 aromatic carbocycles. The van der Waals surface area contributed by atoms with Crippen LogP contribution >= 0.6 is 0 Å². The Hall–Kier alpha value is -0.730. The van der Waals surface area contributed by atoms with Gasteiger partial charge in [-0.05, 0) is 33.1 Å². The first kappa shape index (κ1) is 11.3. The number of hydrogen-bond acceptors (Lipinski definition) is 1. The van der Waals surface area contributed by atoms with E-state index in [2.05, 4.69) is 30.7 Å². The third-order valence-electron chi connectivity index (χ3n) is 2.42. The van der Waals surface area contributed by atoms with Gasteiger partial charge in [-0.2, -0.15) is 0 Å². The number of nitrogens with zero attached hydrogens (tertiary/aromatic N) is 2. The predicted octanol–water partition coefficient (Wildman–Crippen LogP) is 1.97. The summed E-state index contributed by atoms with van der Waals surface area (Å²) >= 11 is 0. The Morgan fingerprint density at radius 1 is 1.50 bits per heavy atom. The third kappa shape index (κ3) is 3.56. The second-order valence-electron chi connectivity index (χ2n) is 4.36. The average molecular weight is 197 g/mol. The molecule has 0 aliphatic heterocycles. The van der Waals surface area contributed by atoms with Crippen molar-refractivity contribution in [2.45, 2.75) is 58.5 Å². The van der Waals surface area contributed by atoms with Gasteiger partial charge in [0.25, 0.3) is 0 Å². The van der Waals surface area contributed by atoms with Gasteiger partial charge in [0.15, 0.2) is 5.96 Å². The zero-order chi connectivity index (χ0) is 10.6. The molecule has 0 aromatic heterocycles. The molecule has 0 unspecified atom stereocenters. The van der Waals surface area contributed by atoms with Crippen LogP contribution in [-0.4, -0.2) is 29.5 Å². The lowest BCUT2D eigenvalue weighted by molar-refractivity contribution is 0.392. The topological polar surface area (TPSA) is 41.6 Å². The van der Waals surface area contributed by atoms with Crippen LogP contribution < -0.4 is 5.73 Å². The molecule has 0 amide bonds. The summed E-state index contributed by atoms with van der Waals surface area (Å²) in [5.74, 6) is 0.746. The van der Waals surface area contributed by atoms with E-state index in [4.69, 9.17) is 5.73 Å². The maximum atomic E-state index is 5.98. The van der Waals surface area contributed by atoms with Gasteiger partial charge in [0.2, 0.25) is 0 Å². The van der Waals surface area contributed by atoms with Gasteiger partial charge in [-0.15, -0.1) is 0 Å². The van der Waals surface area contributed by atoms with Crippen molar-refractivity contribution in [3.05, 3.63) is 0 Å². The zero-order valence-electron chi connectivity index (χ0n) is 9.66. The molecule has 82 valence electrons. The van der Waals surface area contributed by atoms with Gasteiger partial charge >= 0.3 is 0 Å². The molecule has 0 bridgehead atoms. The molecular formula is C11H23N3. The summed E-state index contributed by atoms with van der Waals surface area (Å²) in [6.45, 7) is 7.42. The number of nitrogens with two attached hydrogens (primary N) is 1. The predicted molar refractivity (Wildman–Crippen MR) is 61.4 cm³/mol. The van der Waals surface area contributed by atoms with E-state index in [-0.39, 0.29) is 0 Å². The van der Waals surface area contributed by atoms with Crippen LogP contribution in [0.2, 0.25) is 0 Å². The van der Waals surface area contributed by atoms with Gasteiger partial charge in [-0.1, -0.05) is 13.3 Å². The van der Waals surface area contributed by atoms with Gasteiger partial charge in [0.1, 0.15) is 0 Å². The highest BCUT2D eigenvalue weighted by molar-refractivity contribution is 5.78. The first-order valence-electron chi connectivity index (χ1n) is 5.75. The van der Waals surface area contributed by atoms with Crippen molar-refractivity contribution in [2.24, 2.45) is 10.7 Å². The van der Waals surface area contributed by atoms with E-state index in [1.807, 2.05) is 0 Å². The van der Waals surface area contributed by atoms with Crippen LogP contribution in [-0.2, 0) is 0 Å². The molecular weight excluding hydrogens is 174 g/mol. The maximum Gasteiger partial charge on any atom is 0.191 e. The van der Waals surface area contributed by atoms with Crippen molar-refractivity contribution in [3.63, 3.8) is 0 Å². The summed E-state index contributed by atoms with van der Waals surface area (Å²) in [5, 5.41) is 0. The molecule has 1 aliphatic carbocycles. The van der Waals surface area contributed by atoms with Crippen molar-refractivity contribution >= 4 is 5.96 Å². The molecule has 0 heterocycles. The van der Waals surface area contributed by atoms with Gasteiger partial charge in [0, 0.05) is 18.6 Å². The summed E-state index contributed by atoms with van der Waals surface area (Å²) in [7, 11) is 0. The minimum Gasteiger partial charge on any atom is -0.370 e. The highest BCUT2D eigenvalue weighted by Gasteiger charge is 2.29. The van der Waals surface area contributed by atoms with Crippen molar-refractivity contribution in [2.75, 3.05) is 6.54 Å². The van der Waals surface area contributed by atoms with Gasteiger partial charge in [-0.25, -0.2) is 0 Å². The molecule has 0 spiro atoms. The van der Waals surface area contributed by atoms with E-state index < -0.39 is 0 Å². The Morgan fingerprint density at radius 2 is 2.14 bits per heavy atom. The maximum absolute atomic E-state index is 5.98. The van der Waals surface area contributed by atoms with Crippen LogP contribution in [0, 0.1) is 0 Å². The normalized spacial score (nSPS) is 17.6. The van der Waals surface area contributed by atoms with Crippen molar-refractivity contribution in [1.82, 2.24) is 4.90 Å². The summed E-state index contributed by atoms with van der Waals surface area (Å²) in [4.78, 5) is 6.69. The highest BCUT2D eigenvalue weighted by atomic mass is 15.3. The molecule has 1 saturated carbocycles. The lowest BCUT2D eigenvalue weighted by Gasteiger charge is -2.23. The summed E-state index contributed by atoms with van der Waals surface area (Å²) in [6.07, 6.45) is 5.01. The summed E-state index contributed by atoms with van der Waals surface area (Å²) in [5.41, 5.74) is 5.98. The van der Waals surface area contributed by atoms with Crippen LogP contribution in [0.4, 0.5) is 0 Å². The third-order valence-corrected chi connectivity index (χ3v) is 2.42. The highest BCUT2D eigenvalue weighted by Crippen LogP contribution is 2.26. The largest absolute Gasteiger partial charge is 0.370 e. The Balaban J connectivity index is 2.48. The molecule has 1 rings (SSSR count). The van der Waals surface area contributed by atoms with Crippen LogP contribution in [0.15, 0.2) is 4.99 Å². The Labute approximate surface area is 87.4 Å². The van der Waals surface area contributed by atoms with E-state index in [1.54, 1.807) is 0 Å². The number of unbranched alkanes of at least 4 members (excludes halogenated alkanes) is 1. The van der Waals surface area contributed by atoms with Crippen LogP contribution in [0.1, 0.15) is 46.5 Å². The molecule has 3 nitrogen and oxygen atoms in total. The molecule has 3 heteroatoms.